The second-order valence-corrected chi connectivity index (χ2v) is 8.72. The van der Waals surface area contributed by atoms with E-state index in [0.717, 1.165) is 5.56 Å². The van der Waals surface area contributed by atoms with Crippen molar-refractivity contribution in [1.29, 1.82) is 0 Å². The summed E-state index contributed by atoms with van der Waals surface area (Å²) < 4.78 is 30.8. The van der Waals surface area contributed by atoms with Crippen LogP contribution < -0.4 is 9.62 Å². The van der Waals surface area contributed by atoms with E-state index in [4.69, 9.17) is 16.1 Å². The lowest BCUT2D eigenvalue weighted by molar-refractivity contribution is 0.101. The zero-order valence-electron chi connectivity index (χ0n) is 14.6. The normalized spacial score (nSPS) is 15.5. The third kappa shape index (κ3) is 3.61. The highest BCUT2D eigenvalue weighted by Crippen LogP contribution is 2.33. The van der Waals surface area contributed by atoms with E-state index in [1.165, 1.54) is 4.31 Å². The van der Waals surface area contributed by atoms with E-state index in [-0.39, 0.29) is 11.4 Å². The number of aromatic nitrogens is 1. The van der Waals surface area contributed by atoms with Crippen molar-refractivity contribution in [2.24, 2.45) is 0 Å². The molecule has 2 heterocycles. The molecular formula is C19H16ClN3O4S. The van der Waals surface area contributed by atoms with Gasteiger partial charge < -0.3 is 9.84 Å². The van der Waals surface area contributed by atoms with Gasteiger partial charge in [-0.05, 0) is 24.6 Å². The van der Waals surface area contributed by atoms with Crippen molar-refractivity contribution in [1.82, 2.24) is 5.16 Å². The van der Waals surface area contributed by atoms with Crippen LogP contribution in [0.4, 0.5) is 11.4 Å². The van der Waals surface area contributed by atoms with Gasteiger partial charge in [-0.1, -0.05) is 47.1 Å². The lowest BCUT2D eigenvalue weighted by atomic mass is 10.1. The smallest absolute Gasteiger partial charge is 0.277 e. The molecule has 4 rings (SSSR count). The van der Waals surface area contributed by atoms with Gasteiger partial charge in [0.05, 0.1) is 16.5 Å². The largest absolute Gasteiger partial charge is 0.355 e. The summed E-state index contributed by atoms with van der Waals surface area (Å²) >= 11 is 6.18. The molecule has 1 amide bonds. The van der Waals surface area contributed by atoms with Crippen molar-refractivity contribution in [3.8, 4) is 11.3 Å². The summed E-state index contributed by atoms with van der Waals surface area (Å²) in [5.74, 6) is 0.0929. The van der Waals surface area contributed by atoms with Gasteiger partial charge in [-0.2, -0.15) is 0 Å². The number of nitrogens with zero attached hydrogens (tertiary/aromatic N) is 2. The van der Waals surface area contributed by atoms with Gasteiger partial charge in [0.25, 0.3) is 5.91 Å². The number of benzene rings is 2. The van der Waals surface area contributed by atoms with Crippen LogP contribution in [-0.2, 0) is 10.0 Å². The molecule has 1 N–H and O–H groups in total. The van der Waals surface area contributed by atoms with Gasteiger partial charge >= 0.3 is 0 Å². The van der Waals surface area contributed by atoms with E-state index in [0.29, 0.717) is 35.1 Å². The standard InChI is InChI=1S/C19H16ClN3O4S/c20-15-8-7-14(11-17(15)23-9-4-10-28(23,25)26)21-19(24)16-12-18(27-22-16)13-5-2-1-3-6-13/h1-3,5-8,11-12H,4,9-10H2,(H,21,24). The number of carbonyl (C=O) groups is 1. The van der Waals surface area contributed by atoms with Crippen molar-refractivity contribution in [2.75, 3.05) is 21.9 Å². The molecule has 1 aliphatic heterocycles. The Kier molecular flexibility index (Phi) is 4.82. The average Bonchev–Trinajstić information content (AvgIpc) is 3.30. The molecule has 1 fully saturated rings. The molecule has 1 aromatic heterocycles. The van der Waals surface area contributed by atoms with E-state index in [2.05, 4.69) is 10.5 Å². The number of hydrogen-bond donors (Lipinski definition) is 1. The zero-order valence-corrected chi connectivity index (χ0v) is 16.2. The third-order valence-electron chi connectivity index (χ3n) is 4.37. The first-order valence-electron chi connectivity index (χ1n) is 8.57. The molecule has 2 aromatic carbocycles. The van der Waals surface area contributed by atoms with Crippen LogP contribution in [0.1, 0.15) is 16.9 Å². The predicted octanol–water partition coefficient (Wildman–Crippen LogP) is 3.79. The van der Waals surface area contributed by atoms with Gasteiger partial charge in [-0.25, -0.2) is 8.42 Å². The molecule has 0 saturated carbocycles. The number of nitrogens with one attached hydrogen (secondary N) is 1. The van der Waals surface area contributed by atoms with Crippen molar-refractivity contribution in [2.45, 2.75) is 6.42 Å². The fourth-order valence-corrected chi connectivity index (χ4v) is 4.85. The monoisotopic (exact) mass is 417 g/mol. The minimum absolute atomic E-state index is 0.0844. The number of rotatable bonds is 4. The summed E-state index contributed by atoms with van der Waals surface area (Å²) in [7, 11) is -3.38. The highest BCUT2D eigenvalue weighted by atomic mass is 35.5. The highest BCUT2D eigenvalue weighted by molar-refractivity contribution is 7.93. The van der Waals surface area contributed by atoms with Crippen LogP contribution in [-0.4, -0.2) is 31.8 Å². The Labute approximate surface area is 167 Å². The lowest BCUT2D eigenvalue weighted by Gasteiger charge is -2.19. The summed E-state index contributed by atoms with van der Waals surface area (Å²) in [6, 6.07) is 15.6. The van der Waals surface area contributed by atoms with Gasteiger partial charge in [0.1, 0.15) is 0 Å². The first-order valence-corrected chi connectivity index (χ1v) is 10.6. The Bertz CT molecular complexity index is 1130. The second-order valence-electron chi connectivity index (χ2n) is 6.30. The predicted molar refractivity (Wildman–Crippen MR) is 107 cm³/mol. The molecule has 0 spiro atoms. The Hall–Kier alpha value is -2.84. The third-order valence-corrected chi connectivity index (χ3v) is 6.55. The van der Waals surface area contributed by atoms with E-state index < -0.39 is 15.9 Å². The zero-order chi connectivity index (χ0) is 19.7. The molecular weight excluding hydrogens is 402 g/mol. The van der Waals surface area contributed by atoms with Gasteiger partial charge in [-0.3, -0.25) is 9.10 Å². The number of amides is 1. The van der Waals surface area contributed by atoms with E-state index in [1.807, 2.05) is 30.3 Å². The highest BCUT2D eigenvalue weighted by Gasteiger charge is 2.30. The molecule has 144 valence electrons. The molecule has 0 bridgehead atoms. The van der Waals surface area contributed by atoms with Crippen LogP contribution in [0.5, 0.6) is 0 Å². The first kappa shape index (κ1) is 18.5. The first-order chi connectivity index (χ1) is 13.4. The number of hydrogen-bond acceptors (Lipinski definition) is 5. The maximum absolute atomic E-state index is 12.5. The average molecular weight is 418 g/mol. The van der Waals surface area contributed by atoms with Gasteiger partial charge in [0, 0.05) is 23.9 Å². The van der Waals surface area contributed by atoms with Crippen LogP contribution in [0.25, 0.3) is 11.3 Å². The Morgan fingerprint density at radius 1 is 1.14 bits per heavy atom. The van der Waals surface area contributed by atoms with Gasteiger partial charge in [-0.15, -0.1) is 0 Å². The quantitative estimate of drug-likeness (QED) is 0.697. The molecule has 7 nitrogen and oxygen atoms in total. The molecule has 3 aromatic rings. The van der Waals surface area contributed by atoms with Crippen LogP contribution in [0.2, 0.25) is 5.02 Å². The van der Waals surface area contributed by atoms with E-state index >= 15 is 0 Å². The molecule has 0 radical (unpaired) electrons. The maximum Gasteiger partial charge on any atom is 0.277 e. The summed E-state index contributed by atoms with van der Waals surface area (Å²) in [6.45, 7) is 0.364. The summed E-state index contributed by atoms with van der Waals surface area (Å²) in [6.07, 6.45) is 0.538. The lowest BCUT2D eigenvalue weighted by Crippen LogP contribution is -2.25. The van der Waals surface area contributed by atoms with Crippen molar-refractivity contribution in [3.05, 3.63) is 65.3 Å². The van der Waals surface area contributed by atoms with Crippen molar-refractivity contribution in [3.63, 3.8) is 0 Å². The van der Waals surface area contributed by atoms with E-state index in [1.54, 1.807) is 24.3 Å². The molecule has 0 unspecified atom stereocenters. The Morgan fingerprint density at radius 3 is 2.64 bits per heavy atom. The van der Waals surface area contributed by atoms with Gasteiger partial charge in [0.2, 0.25) is 10.0 Å². The number of anilines is 2. The van der Waals surface area contributed by atoms with Crippen LogP contribution in [0.3, 0.4) is 0 Å². The van der Waals surface area contributed by atoms with E-state index in [9.17, 15) is 13.2 Å². The van der Waals surface area contributed by atoms with Crippen LogP contribution >= 0.6 is 11.6 Å². The topological polar surface area (TPSA) is 92.5 Å². The number of sulfonamides is 1. The summed E-state index contributed by atoms with van der Waals surface area (Å²) in [5.41, 5.74) is 1.68. The van der Waals surface area contributed by atoms with Crippen molar-refractivity contribution < 1.29 is 17.7 Å². The fourth-order valence-electron chi connectivity index (χ4n) is 3.01. The second kappa shape index (κ2) is 7.29. The number of halogens is 1. The number of carbonyl (C=O) groups excluding carboxylic acids is 1. The minimum Gasteiger partial charge on any atom is -0.355 e. The molecule has 1 saturated heterocycles. The van der Waals surface area contributed by atoms with Crippen LogP contribution in [0, 0.1) is 0 Å². The molecule has 0 atom stereocenters. The Balaban J connectivity index is 1.56. The minimum atomic E-state index is -3.38. The fraction of sp³-hybridized carbons (Fsp3) is 0.158. The van der Waals surface area contributed by atoms with Crippen molar-refractivity contribution >= 4 is 38.9 Å². The van der Waals surface area contributed by atoms with Gasteiger partial charge in [0.15, 0.2) is 11.5 Å². The Morgan fingerprint density at radius 2 is 1.93 bits per heavy atom. The molecule has 9 heteroatoms. The SMILES string of the molecule is O=C(Nc1ccc(Cl)c(N2CCCS2(=O)=O)c1)c1cc(-c2ccccc2)on1. The van der Waals surface area contributed by atoms with Crippen LogP contribution in [0.15, 0.2) is 59.1 Å². The molecule has 0 aliphatic carbocycles. The molecule has 1 aliphatic rings. The molecule has 28 heavy (non-hydrogen) atoms. The summed E-state index contributed by atoms with van der Waals surface area (Å²) in [4.78, 5) is 12.5. The summed E-state index contributed by atoms with van der Waals surface area (Å²) in [5, 5.41) is 6.81. The maximum atomic E-state index is 12.5.